The minimum absolute atomic E-state index is 0.0287. The molecule has 0 bridgehead atoms. The molecule has 0 saturated carbocycles. The average molecular weight is 531 g/mol. The number of hydrogen-bond donors (Lipinski definition) is 2. The van der Waals surface area contributed by atoms with Gasteiger partial charge in [0.15, 0.2) is 0 Å². The molecule has 6 nitrogen and oxygen atoms in total. The molecule has 5 rings (SSSR count). The van der Waals surface area contributed by atoms with E-state index in [1.54, 1.807) is 24.4 Å². The normalized spacial score (nSPS) is 17.3. The maximum Gasteiger partial charge on any atom is 0.416 e. The largest absolute Gasteiger partial charge is 0.416 e. The number of nitrogens with zero attached hydrogens (tertiary/aromatic N) is 2. The Labute approximate surface area is 217 Å². The first kappa shape index (κ1) is 25.4. The van der Waals surface area contributed by atoms with Crippen molar-refractivity contribution in [2.24, 2.45) is 0 Å². The molecule has 2 aliphatic rings. The number of halogens is 4. The highest BCUT2D eigenvalue weighted by molar-refractivity contribution is 6.30. The van der Waals surface area contributed by atoms with Gasteiger partial charge in [0.25, 0.3) is 5.91 Å². The van der Waals surface area contributed by atoms with Gasteiger partial charge >= 0.3 is 6.18 Å². The van der Waals surface area contributed by atoms with E-state index >= 15 is 0 Å². The third kappa shape index (κ3) is 5.83. The predicted molar refractivity (Wildman–Crippen MR) is 137 cm³/mol. The van der Waals surface area contributed by atoms with Gasteiger partial charge in [0.05, 0.1) is 17.4 Å². The molecule has 0 aliphatic carbocycles. The molecule has 1 aromatic heterocycles. The lowest BCUT2D eigenvalue weighted by Crippen LogP contribution is -2.34. The number of benzene rings is 2. The lowest BCUT2D eigenvalue weighted by molar-refractivity contribution is -0.138. The first-order valence-corrected chi connectivity index (χ1v) is 12.5. The molecule has 1 saturated heterocycles. The summed E-state index contributed by atoms with van der Waals surface area (Å²) in [6.07, 6.45) is -0.804. The molecule has 1 unspecified atom stereocenters. The Morgan fingerprint density at radius 1 is 1.19 bits per heavy atom. The highest BCUT2D eigenvalue weighted by Crippen LogP contribution is 2.37. The summed E-state index contributed by atoms with van der Waals surface area (Å²) in [6, 6.07) is 12.7. The molecule has 10 heteroatoms. The molecule has 0 radical (unpaired) electrons. The van der Waals surface area contributed by atoms with E-state index in [0.29, 0.717) is 36.7 Å². The Kier molecular flexibility index (Phi) is 7.26. The number of carbonyl (C=O) groups excluding carboxylic acids is 1. The van der Waals surface area contributed by atoms with Crippen LogP contribution < -0.4 is 15.5 Å². The summed E-state index contributed by atoms with van der Waals surface area (Å²) in [4.78, 5) is 19.1. The Morgan fingerprint density at radius 2 is 2.05 bits per heavy atom. The van der Waals surface area contributed by atoms with Crippen LogP contribution in [0, 0.1) is 0 Å². The van der Waals surface area contributed by atoms with Crippen molar-refractivity contribution in [2.75, 3.05) is 36.5 Å². The van der Waals surface area contributed by atoms with Gasteiger partial charge in [0.1, 0.15) is 5.82 Å². The number of ether oxygens (including phenoxy) is 1. The summed E-state index contributed by atoms with van der Waals surface area (Å²) in [5, 5.41) is 6.38. The van der Waals surface area contributed by atoms with Crippen molar-refractivity contribution in [1.82, 2.24) is 10.3 Å². The highest BCUT2D eigenvalue weighted by atomic mass is 35.5. The smallest absolute Gasteiger partial charge is 0.376 e. The zero-order valence-corrected chi connectivity index (χ0v) is 20.7. The van der Waals surface area contributed by atoms with E-state index in [2.05, 4.69) is 15.6 Å². The van der Waals surface area contributed by atoms with Gasteiger partial charge in [0.2, 0.25) is 0 Å². The monoisotopic (exact) mass is 530 g/mol. The van der Waals surface area contributed by atoms with Crippen LogP contribution in [0.25, 0.3) is 11.1 Å². The lowest BCUT2D eigenvalue weighted by Gasteiger charge is -2.32. The molecule has 2 aromatic carbocycles. The van der Waals surface area contributed by atoms with E-state index < -0.39 is 11.7 Å². The van der Waals surface area contributed by atoms with E-state index in [0.717, 1.165) is 36.6 Å². The molecule has 37 heavy (non-hydrogen) atoms. The number of pyridine rings is 1. The first-order valence-electron chi connectivity index (χ1n) is 12.1. The fraction of sp³-hybridized carbons (Fsp3) is 0.333. The van der Waals surface area contributed by atoms with Crippen molar-refractivity contribution in [3.05, 3.63) is 76.4 Å². The number of aromatic nitrogens is 1. The van der Waals surface area contributed by atoms with Crippen LogP contribution in [-0.2, 0) is 17.5 Å². The van der Waals surface area contributed by atoms with Crippen molar-refractivity contribution in [1.29, 1.82) is 0 Å². The summed E-state index contributed by atoms with van der Waals surface area (Å²) in [6.45, 7) is 2.26. The van der Waals surface area contributed by atoms with Gasteiger partial charge in [-0.15, -0.1) is 0 Å². The molecule has 3 heterocycles. The van der Waals surface area contributed by atoms with Crippen LogP contribution in [0.5, 0.6) is 0 Å². The van der Waals surface area contributed by atoms with Crippen molar-refractivity contribution in [3.63, 3.8) is 0 Å². The molecule has 2 N–H and O–H groups in total. The molecule has 0 spiro atoms. The Bertz CT molecular complexity index is 1290. The van der Waals surface area contributed by atoms with Crippen molar-refractivity contribution >= 4 is 29.0 Å². The zero-order chi connectivity index (χ0) is 26.0. The fourth-order valence-corrected chi connectivity index (χ4v) is 4.91. The number of carbonyl (C=O) groups is 1. The van der Waals surface area contributed by atoms with Gasteiger partial charge < -0.3 is 20.3 Å². The number of amides is 1. The molecular formula is C27H26ClF3N4O2. The minimum Gasteiger partial charge on any atom is -0.376 e. The maximum atomic E-state index is 13.6. The summed E-state index contributed by atoms with van der Waals surface area (Å²) >= 11 is 6.04. The number of hydrogen-bond acceptors (Lipinski definition) is 5. The van der Waals surface area contributed by atoms with Gasteiger partial charge in [-0.1, -0.05) is 23.7 Å². The SMILES string of the molecule is O=C(NCC1CCCO1)c1cccc(-c2cnc3c(c2)N(Cc2cc(Cl)ccc2C(F)(F)F)CCN3)c1. The van der Waals surface area contributed by atoms with E-state index in [1.807, 2.05) is 17.0 Å². The van der Waals surface area contributed by atoms with Gasteiger partial charge in [-0.2, -0.15) is 13.2 Å². The standard InChI is InChI=1S/C27H26ClF3N4O2/c28-21-6-7-23(27(29,30)31)20(12-21)16-35-9-8-32-25-24(35)13-19(14-33-25)17-3-1-4-18(11-17)26(36)34-15-22-5-2-10-37-22/h1,3-4,6-7,11-14,22H,2,5,8-10,15-16H2,(H,32,33)(H,34,36). The Hall–Kier alpha value is -3.30. The predicted octanol–water partition coefficient (Wildman–Crippen LogP) is 5.76. The molecular weight excluding hydrogens is 505 g/mol. The minimum atomic E-state index is -4.48. The molecule has 1 amide bonds. The summed E-state index contributed by atoms with van der Waals surface area (Å²) in [5.41, 5.74) is 2.13. The van der Waals surface area contributed by atoms with Crippen molar-refractivity contribution in [3.8, 4) is 11.1 Å². The average Bonchev–Trinajstić information content (AvgIpc) is 3.40. The van der Waals surface area contributed by atoms with Crippen LogP contribution in [0.1, 0.15) is 34.3 Å². The third-order valence-corrected chi connectivity index (χ3v) is 6.82. The van der Waals surface area contributed by atoms with Crippen LogP contribution in [0.2, 0.25) is 5.02 Å². The third-order valence-electron chi connectivity index (χ3n) is 6.59. The van der Waals surface area contributed by atoms with Crippen LogP contribution >= 0.6 is 11.6 Å². The van der Waals surface area contributed by atoms with Crippen molar-refractivity contribution < 1.29 is 22.7 Å². The quantitative estimate of drug-likeness (QED) is 0.424. The van der Waals surface area contributed by atoms with Gasteiger partial charge in [-0.05, 0) is 60.4 Å². The summed E-state index contributed by atoms with van der Waals surface area (Å²) in [7, 11) is 0. The number of fused-ring (bicyclic) bond motifs is 1. The van der Waals surface area contributed by atoms with Gasteiger partial charge in [-0.3, -0.25) is 4.79 Å². The van der Waals surface area contributed by atoms with Crippen molar-refractivity contribution in [2.45, 2.75) is 31.7 Å². The first-order chi connectivity index (χ1) is 17.8. The molecule has 3 aromatic rings. The van der Waals surface area contributed by atoms with E-state index in [4.69, 9.17) is 16.3 Å². The van der Waals surface area contributed by atoms with Crippen LogP contribution in [0.3, 0.4) is 0 Å². The van der Waals surface area contributed by atoms with Gasteiger partial charge in [-0.25, -0.2) is 4.98 Å². The number of nitrogens with one attached hydrogen (secondary N) is 2. The van der Waals surface area contributed by atoms with Crippen LogP contribution in [0.4, 0.5) is 24.7 Å². The van der Waals surface area contributed by atoms with E-state index in [1.165, 1.54) is 12.1 Å². The highest BCUT2D eigenvalue weighted by Gasteiger charge is 2.34. The topological polar surface area (TPSA) is 66.5 Å². The Morgan fingerprint density at radius 3 is 2.84 bits per heavy atom. The molecule has 1 atom stereocenters. The summed E-state index contributed by atoms with van der Waals surface area (Å²) < 4.78 is 46.5. The second-order valence-corrected chi connectivity index (χ2v) is 9.60. The number of rotatable bonds is 6. The summed E-state index contributed by atoms with van der Waals surface area (Å²) in [5.74, 6) is 0.406. The number of alkyl halides is 3. The number of anilines is 2. The van der Waals surface area contributed by atoms with E-state index in [9.17, 15) is 18.0 Å². The molecule has 194 valence electrons. The lowest BCUT2D eigenvalue weighted by atomic mass is 10.0. The van der Waals surface area contributed by atoms with E-state index in [-0.39, 0.29) is 29.1 Å². The second kappa shape index (κ2) is 10.6. The van der Waals surface area contributed by atoms with Crippen LogP contribution in [-0.4, -0.2) is 43.2 Å². The molecule has 2 aliphatic heterocycles. The Balaban J connectivity index is 1.39. The maximum absolute atomic E-state index is 13.6. The zero-order valence-electron chi connectivity index (χ0n) is 19.9. The second-order valence-electron chi connectivity index (χ2n) is 9.17. The van der Waals surface area contributed by atoms with Gasteiger partial charge in [0, 0.05) is 55.1 Å². The fourth-order valence-electron chi connectivity index (χ4n) is 4.71. The molecule has 1 fully saturated rings. The van der Waals surface area contributed by atoms with Crippen LogP contribution in [0.15, 0.2) is 54.7 Å².